The summed E-state index contributed by atoms with van der Waals surface area (Å²) in [4.78, 5) is 12.4. The molecule has 2 aromatic rings. The molecule has 0 saturated heterocycles. The smallest absolute Gasteiger partial charge is 0.167 e. The van der Waals surface area contributed by atoms with Gasteiger partial charge in [0.25, 0.3) is 0 Å². The average Bonchev–Trinajstić information content (AvgIpc) is 2.47. The maximum Gasteiger partial charge on any atom is 0.167 e. The van der Waals surface area contributed by atoms with Gasteiger partial charge in [0.2, 0.25) is 0 Å². The minimum Gasteiger partial charge on any atom is -0.294 e. The van der Waals surface area contributed by atoms with E-state index in [1.54, 1.807) is 6.08 Å². The summed E-state index contributed by atoms with van der Waals surface area (Å²) in [7, 11) is 0. The van der Waals surface area contributed by atoms with Gasteiger partial charge < -0.3 is 0 Å². The molecule has 0 aliphatic carbocycles. The van der Waals surface area contributed by atoms with Gasteiger partial charge >= 0.3 is 0 Å². The van der Waals surface area contributed by atoms with Crippen LogP contribution in [0, 0.1) is 0 Å². The van der Waals surface area contributed by atoms with Crippen molar-refractivity contribution in [2.24, 2.45) is 0 Å². The highest BCUT2D eigenvalue weighted by molar-refractivity contribution is 5.97. The van der Waals surface area contributed by atoms with Gasteiger partial charge in [-0.15, -0.1) is 0 Å². The molecule has 2 aromatic carbocycles. The van der Waals surface area contributed by atoms with Crippen LogP contribution in [0.3, 0.4) is 0 Å². The first-order valence-electron chi connectivity index (χ1n) is 6.63. The molecule has 0 heterocycles. The maximum absolute atomic E-state index is 12.4. The van der Waals surface area contributed by atoms with Crippen LogP contribution in [0.2, 0.25) is 0 Å². The molecule has 0 aromatic heterocycles. The van der Waals surface area contributed by atoms with E-state index in [-0.39, 0.29) is 11.7 Å². The minimum atomic E-state index is -0.204. The molecule has 2 rings (SSSR count). The quantitative estimate of drug-likeness (QED) is 0.721. The number of carbonyl (C=O) groups is 1. The van der Waals surface area contributed by atoms with Crippen molar-refractivity contribution in [2.45, 2.75) is 19.3 Å². The largest absolute Gasteiger partial charge is 0.294 e. The van der Waals surface area contributed by atoms with Crippen molar-refractivity contribution in [2.75, 3.05) is 0 Å². The molecule has 0 saturated carbocycles. The topological polar surface area (TPSA) is 17.1 Å². The van der Waals surface area contributed by atoms with Crippen molar-refractivity contribution in [1.29, 1.82) is 0 Å². The zero-order valence-corrected chi connectivity index (χ0v) is 11.1. The summed E-state index contributed by atoms with van der Waals surface area (Å²) < 4.78 is 0. The Morgan fingerprint density at radius 1 is 0.947 bits per heavy atom. The number of allylic oxidation sites excluding steroid dienone is 2. The van der Waals surface area contributed by atoms with Crippen molar-refractivity contribution < 1.29 is 4.79 Å². The second kappa shape index (κ2) is 6.69. The Kier molecular flexibility index (Phi) is 4.68. The van der Waals surface area contributed by atoms with Gasteiger partial charge in [0.1, 0.15) is 0 Å². The Bertz CT molecular complexity index is 501. The van der Waals surface area contributed by atoms with E-state index in [0.29, 0.717) is 0 Å². The molecule has 96 valence electrons. The summed E-state index contributed by atoms with van der Waals surface area (Å²) in [5, 5.41) is 0. The predicted molar refractivity (Wildman–Crippen MR) is 79.2 cm³/mol. The minimum absolute atomic E-state index is 0.138. The first-order chi connectivity index (χ1) is 9.33. The first-order valence-corrected chi connectivity index (χ1v) is 6.63. The lowest BCUT2D eigenvalue weighted by molar-refractivity contribution is -0.115. The molecule has 0 fully saturated rings. The molecule has 0 amide bonds. The Morgan fingerprint density at radius 2 is 1.42 bits per heavy atom. The molecule has 0 aliphatic heterocycles. The first kappa shape index (κ1) is 13.3. The summed E-state index contributed by atoms with van der Waals surface area (Å²) in [6, 6.07) is 19.9. The lowest BCUT2D eigenvalue weighted by atomic mass is 9.87. The lowest BCUT2D eigenvalue weighted by Crippen LogP contribution is -2.11. The number of benzene rings is 2. The molecular formula is C18H18O. The van der Waals surface area contributed by atoms with Crippen LogP contribution in [0.5, 0.6) is 0 Å². The third kappa shape index (κ3) is 3.41. The molecule has 0 radical (unpaired) electrons. The fourth-order valence-electron chi connectivity index (χ4n) is 2.14. The van der Waals surface area contributed by atoms with Crippen LogP contribution in [0.15, 0.2) is 72.8 Å². The van der Waals surface area contributed by atoms with Gasteiger partial charge in [-0.05, 0) is 23.6 Å². The van der Waals surface area contributed by atoms with Crippen LogP contribution in [0.4, 0.5) is 0 Å². The summed E-state index contributed by atoms with van der Waals surface area (Å²) >= 11 is 0. The Labute approximate surface area is 114 Å². The van der Waals surface area contributed by atoms with Gasteiger partial charge in [0.05, 0.1) is 5.92 Å². The van der Waals surface area contributed by atoms with E-state index in [2.05, 4.69) is 0 Å². The maximum atomic E-state index is 12.4. The molecule has 0 spiro atoms. The van der Waals surface area contributed by atoms with Crippen LogP contribution in [-0.4, -0.2) is 5.78 Å². The average molecular weight is 250 g/mol. The van der Waals surface area contributed by atoms with Crippen LogP contribution < -0.4 is 0 Å². The number of hydrogen-bond donors (Lipinski definition) is 0. The van der Waals surface area contributed by atoms with Crippen LogP contribution in [0.25, 0.3) is 0 Å². The zero-order chi connectivity index (χ0) is 13.5. The lowest BCUT2D eigenvalue weighted by Gasteiger charge is -2.15. The van der Waals surface area contributed by atoms with E-state index in [4.69, 9.17) is 0 Å². The fourth-order valence-corrected chi connectivity index (χ4v) is 2.14. The third-order valence-electron chi connectivity index (χ3n) is 3.07. The number of ketones is 1. The van der Waals surface area contributed by atoms with Gasteiger partial charge in [0.15, 0.2) is 5.78 Å². The van der Waals surface area contributed by atoms with E-state index >= 15 is 0 Å². The van der Waals surface area contributed by atoms with E-state index in [1.165, 1.54) is 0 Å². The highest BCUT2D eigenvalue weighted by atomic mass is 16.1. The van der Waals surface area contributed by atoms with Gasteiger partial charge in [-0.3, -0.25) is 4.79 Å². The molecule has 0 atom stereocenters. The predicted octanol–water partition coefficient (Wildman–Crippen LogP) is 4.35. The highest BCUT2D eigenvalue weighted by Crippen LogP contribution is 2.25. The standard InChI is InChI=1S/C18H18O/c1-2-3-14-17(19)18(15-10-6-4-7-11-15)16-12-8-5-9-13-16/h3-14,18H,2H2,1H3/b14-3+. The van der Waals surface area contributed by atoms with Crippen molar-refractivity contribution in [3.8, 4) is 0 Å². The molecule has 1 heteroatoms. The number of carbonyl (C=O) groups excluding carboxylic acids is 1. The Balaban J connectivity index is 2.40. The fraction of sp³-hybridized carbons (Fsp3) is 0.167. The molecular weight excluding hydrogens is 232 g/mol. The van der Waals surface area contributed by atoms with Gasteiger partial charge in [-0.2, -0.15) is 0 Å². The van der Waals surface area contributed by atoms with Gasteiger partial charge in [0, 0.05) is 0 Å². The molecule has 0 bridgehead atoms. The van der Waals surface area contributed by atoms with Crippen molar-refractivity contribution in [3.63, 3.8) is 0 Å². The summed E-state index contributed by atoms with van der Waals surface area (Å²) in [5.41, 5.74) is 2.08. The second-order valence-electron chi connectivity index (χ2n) is 4.47. The van der Waals surface area contributed by atoms with Crippen LogP contribution >= 0.6 is 0 Å². The van der Waals surface area contributed by atoms with E-state index in [1.807, 2.05) is 73.7 Å². The zero-order valence-electron chi connectivity index (χ0n) is 11.1. The molecule has 19 heavy (non-hydrogen) atoms. The van der Waals surface area contributed by atoms with Crippen LogP contribution in [-0.2, 0) is 4.79 Å². The number of rotatable bonds is 5. The summed E-state index contributed by atoms with van der Waals surface area (Å²) in [6.07, 6.45) is 4.49. The van der Waals surface area contributed by atoms with Gasteiger partial charge in [-0.1, -0.05) is 73.7 Å². The van der Waals surface area contributed by atoms with E-state index in [0.717, 1.165) is 17.5 Å². The van der Waals surface area contributed by atoms with Crippen molar-refractivity contribution >= 4 is 5.78 Å². The Morgan fingerprint density at radius 3 is 1.84 bits per heavy atom. The van der Waals surface area contributed by atoms with Gasteiger partial charge in [-0.25, -0.2) is 0 Å². The van der Waals surface area contributed by atoms with E-state index < -0.39 is 0 Å². The highest BCUT2D eigenvalue weighted by Gasteiger charge is 2.19. The summed E-state index contributed by atoms with van der Waals surface area (Å²) in [5.74, 6) is -0.0653. The molecule has 0 aliphatic rings. The monoisotopic (exact) mass is 250 g/mol. The Hall–Kier alpha value is -2.15. The van der Waals surface area contributed by atoms with E-state index in [9.17, 15) is 4.79 Å². The molecule has 0 N–H and O–H groups in total. The SMILES string of the molecule is CC/C=C/C(=O)C(c1ccccc1)c1ccccc1. The molecule has 1 nitrogen and oxygen atoms in total. The van der Waals surface area contributed by atoms with Crippen LogP contribution in [0.1, 0.15) is 30.4 Å². The summed E-state index contributed by atoms with van der Waals surface area (Å²) in [6.45, 7) is 2.03. The normalized spacial score (nSPS) is 11.1. The molecule has 0 unspecified atom stereocenters. The van der Waals surface area contributed by atoms with Crippen molar-refractivity contribution in [3.05, 3.63) is 83.9 Å². The third-order valence-corrected chi connectivity index (χ3v) is 3.07. The second-order valence-corrected chi connectivity index (χ2v) is 4.47. The number of hydrogen-bond acceptors (Lipinski definition) is 1. The van der Waals surface area contributed by atoms with Crippen molar-refractivity contribution in [1.82, 2.24) is 0 Å².